The van der Waals surface area contributed by atoms with Crippen LogP contribution >= 0.6 is 0 Å². The van der Waals surface area contributed by atoms with Gasteiger partial charge in [-0.15, -0.1) is 0 Å². The van der Waals surface area contributed by atoms with Crippen molar-refractivity contribution < 1.29 is 14.8 Å². The van der Waals surface area contributed by atoms with Crippen molar-refractivity contribution in [1.82, 2.24) is 5.32 Å². The quantitative estimate of drug-likeness (QED) is 0.669. The predicted molar refractivity (Wildman–Crippen MR) is 84.7 cm³/mol. The van der Waals surface area contributed by atoms with Gasteiger partial charge < -0.3 is 10.4 Å². The number of amides is 1. The Morgan fingerprint density at radius 1 is 1.13 bits per heavy atom. The molecule has 3 rings (SSSR count). The number of phenolic OH excluding ortho intramolecular Hbond substituents is 1. The third kappa shape index (κ3) is 2.71. The Labute approximate surface area is 131 Å². The molecule has 0 aliphatic carbocycles. The molecular weight excluding hydrogens is 298 g/mol. The lowest BCUT2D eigenvalue weighted by atomic mass is 10.1. The first-order valence-electron chi connectivity index (χ1n) is 6.87. The summed E-state index contributed by atoms with van der Waals surface area (Å²) in [5.41, 5.74) is 1.04. The van der Waals surface area contributed by atoms with E-state index < -0.39 is 4.92 Å². The Morgan fingerprint density at radius 3 is 2.52 bits per heavy atom. The second kappa shape index (κ2) is 5.80. The van der Waals surface area contributed by atoms with E-state index in [1.165, 1.54) is 23.1 Å². The van der Waals surface area contributed by atoms with Gasteiger partial charge in [0.25, 0.3) is 11.6 Å². The molecule has 2 N–H and O–H groups in total. The van der Waals surface area contributed by atoms with Crippen molar-refractivity contribution in [2.75, 3.05) is 11.6 Å². The maximum Gasteiger partial charge on any atom is 0.278 e. The van der Waals surface area contributed by atoms with Crippen LogP contribution in [0.4, 0.5) is 11.4 Å². The number of nitrogens with one attached hydrogen (secondary N) is 1. The van der Waals surface area contributed by atoms with E-state index >= 15 is 0 Å². The van der Waals surface area contributed by atoms with E-state index in [2.05, 4.69) is 5.32 Å². The van der Waals surface area contributed by atoms with Crippen LogP contribution in [0, 0.1) is 10.1 Å². The highest BCUT2D eigenvalue weighted by Crippen LogP contribution is 2.30. The SMILES string of the molecule is O=C1C=C(c2ccccc2[N+](=O)[O-])NCN1c1ccccc1O. The molecule has 116 valence electrons. The van der Waals surface area contributed by atoms with E-state index in [9.17, 15) is 20.0 Å². The number of rotatable bonds is 3. The summed E-state index contributed by atoms with van der Waals surface area (Å²) in [7, 11) is 0. The number of carbonyl (C=O) groups excluding carboxylic acids is 1. The van der Waals surface area contributed by atoms with Crippen molar-refractivity contribution in [2.45, 2.75) is 0 Å². The van der Waals surface area contributed by atoms with E-state index in [-0.39, 0.29) is 24.0 Å². The third-order valence-electron chi connectivity index (χ3n) is 3.52. The van der Waals surface area contributed by atoms with Crippen LogP contribution < -0.4 is 10.2 Å². The van der Waals surface area contributed by atoms with Gasteiger partial charge in [-0.25, -0.2) is 0 Å². The van der Waals surface area contributed by atoms with Gasteiger partial charge in [-0.05, 0) is 18.2 Å². The fourth-order valence-corrected chi connectivity index (χ4v) is 2.42. The Hall–Kier alpha value is -3.35. The van der Waals surface area contributed by atoms with Crippen LogP contribution in [0.25, 0.3) is 5.70 Å². The molecule has 7 nitrogen and oxygen atoms in total. The highest BCUT2D eigenvalue weighted by atomic mass is 16.6. The first kappa shape index (κ1) is 14.6. The topological polar surface area (TPSA) is 95.7 Å². The van der Waals surface area contributed by atoms with Gasteiger partial charge in [0.15, 0.2) is 0 Å². The Morgan fingerprint density at radius 2 is 1.83 bits per heavy atom. The highest BCUT2D eigenvalue weighted by Gasteiger charge is 2.25. The summed E-state index contributed by atoms with van der Waals surface area (Å²) in [6.07, 6.45) is 1.29. The number of hydrogen-bond donors (Lipinski definition) is 2. The Kier molecular flexibility index (Phi) is 3.68. The standard InChI is InChI=1S/C16H13N3O4/c20-15-8-4-3-7-14(15)18-10-17-12(9-16(18)21)11-5-1-2-6-13(11)19(22)23/h1-9,17,20H,10H2. The van der Waals surface area contributed by atoms with E-state index in [1.807, 2.05) is 0 Å². The minimum absolute atomic E-state index is 0.00908. The van der Waals surface area contributed by atoms with Crippen LogP contribution in [0.5, 0.6) is 5.75 Å². The van der Waals surface area contributed by atoms with Crippen LogP contribution in [0.15, 0.2) is 54.6 Å². The molecule has 0 saturated heterocycles. The summed E-state index contributed by atoms with van der Waals surface area (Å²) in [6, 6.07) is 12.7. The molecule has 2 aromatic carbocycles. The van der Waals surface area contributed by atoms with E-state index in [0.29, 0.717) is 16.9 Å². The van der Waals surface area contributed by atoms with Gasteiger partial charge in [0.05, 0.1) is 28.5 Å². The lowest BCUT2D eigenvalue weighted by molar-refractivity contribution is -0.385. The molecule has 1 amide bonds. The van der Waals surface area contributed by atoms with Gasteiger partial charge in [-0.2, -0.15) is 0 Å². The number of anilines is 1. The van der Waals surface area contributed by atoms with Crippen molar-refractivity contribution >= 4 is 23.0 Å². The molecule has 0 saturated carbocycles. The molecular formula is C16H13N3O4. The summed E-state index contributed by atoms with van der Waals surface area (Å²) in [4.78, 5) is 24.3. The smallest absolute Gasteiger partial charge is 0.278 e. The summed E-state index contributed by atoms with van der Waals surface area (Å²) in [5, 5.41) is 23.9. The minimum atomic E-state index is -0.488. The van der Waals surface area contributed by atoms with Crippen molar-refractivity contribution in [2.24, 2.45) is 0 Å². The molecule has 0 aromatic heterocycles. The van der Waals surface area contributed by atoms with Crippen LogP contribution in [-0.4, -0.2) is 22.6 Å². The Bertz CT molecular complexity index is 816. The zero-order valence-corrected chi connectivity index (χ0v) is 12.0. The van der Waals surface area contributed by atoms with Crippen LogP contribution in [0.2, 0.25) is 0 Å². The average molecular weight is 311 g/mol. The first-order chi connectivity index (χ1) is 11.1. The number of nitrogens with zero attached hydrogens (tertiary/aromatic N) is 2. The van der Waals surface area contributed by atoms with Crippen molar-refractivity contribution in [1.29, 1.82) is 0 Å². The number of nitro groups is 1. The first-order valence-corrected chi connectivity index (χ1v) is 6.87. The maximum absolute atomic E-state index is 12.3. The van der Waals surface area contributed by atoms with Gasteiger partial charge in [0.1, 0.15) is 5.75 Å². The summed E-state index contributed by atoms with van der Waals surface area (Å²) < 4.78 is 0. The molecule has 0 spiro atoms. The lowest BCUT2D eigenvalue weighted by Gasteiger charge is -2.28. The zero-order chi connectivity index (χ0) is 16.4. The maximum atomic E-state index is 12.3. The fraction of sp³-hybridized carbons (Fsp3) is 0.0625. The molecule has 0 bridgehead atoms. The zero-order valence-electron chi connectivity index (χ0n) is 12.0. The van der Waals surface area contributed by atoms with Gasteiger partial charge in [0.2, 0.25) is 0 Å². The summed E-state index contributed by atoms with van der Waals surface area (Å²) in [5.74, 6) is -0.372. The number of aromatic hydroxyl groups is 1. The highest BCUT2D eigenvalue weighted by molar-refractivity contribution is 6.08. The lowest BCUT2D eigenvalue weighted by Crippen LogP contribution is -2.42. The molecule has 1 aliphatic rings. The second-order valence-corrected chi connectivity index (χ2v) is 4.92. The van der Waals surface area contributed by atoms with Crippen LogP contribution in [-0.2, 0) is 4.79 Å². The number of nitro benzene ring substituents is 1. The van der Waals surface area contributed by atoms with Gasteiger partial charge in [-0.3, -0.25) is 19.8 Å². The molecule has 2 aromatic rings. The van der Waals surface area contributed by atoms with Crippen LogP contribution in [0.3, 0.4) is 0 Å². The monoisotopic (exact) mass is 311 g/mol. The van der Waals surface area contributed by atoms with Gasteiger partial charge in [0, 0.05) is 12.1 Å². The normalized spacial score (nSPS) is 14.2. The molecule has 0 radical (unpaired) electrons. The number of para-hydroxylation sites is 3. The number of hydrogen-bond acceptors (Lipinski definition) is 5. The molecule has 7 heteroatoms. The minimum Gasteiger partial charge on any atom is -0.506 e. The largest absolute Gasteiger partial charge is 0.506 e. The predicted octanol–water partition coefficient (Wildman–Crippen LogP) is 2.24. The number of carbonyl (C=O) groups is 1. The number of benzene rings is 2. The molecule has 23 heavy (non-hydrogen) atoms. The van der Waals surface area contributed by atoms with Crippen LogP contribution in [0.1, 0.15) is 5.56 Å². The van der Waals surface area contributed by atoms with Gasteiger partial charge >= 0.3 is 0 Å². The third-order valence-corrected chi connectivity index (χ3v) is 3.52. The van der Waals surface area contributed by atoms with Gasteiger partial charge in [-0.1, -0.05) is 24.3 Å². The Balaban J connectivity index is 1.95. The molecule has 1 aliphatic heterocycles. The van der Waals surface area contributed by atoms with E-state index in [1.54, 1.807) is 36.4 Å². The summed E-state index contributed by atoms with van der Waals surface area (Å²) in [6.45, 7) is 0.105. The molecule has 0 unspecified atom stereocenters. The number of phenols is 1. The van der Waals surface area contributed by atoms with E-state index in [4.69, 9.17) is 0 Å². The summed E-state index contributed by atoms with van der Waals surface area (Å²) >= 11 is 0. The second-order valence-electron chi connectivity index (χ2n) is 4.92. The van der Waals surface area contributed by atoms with Crippen molar-refractivity contribution in [3.63, 3.8) is 0 Å². The molecule has 1 heterocycles. The molecule has 0 atom stereocenters. The van der Waals surface area contributed by atoms with Crippen molar-refractivity contribution in [3.8, 4) is 5.75 Å². The fourth-order valence-electron chi connectivity index (χ4n) is 2.42. The average Bonchev–Trinajstić information content (AvgIpc) is 2.55. The van der Waals surface area contributed by atoms with E-state index in [0.717, 1.165) is 0 Å². The van der Waals surface area contributed by atoms with Crippen molar-refractivity contribution in [3.05, 3.63) is 70.3 Å². The molecule has 0 fully saturated rings.